The summed E-state index contributed by atoms with van der Waals surface area (Å²) < 4.78 is 19.9. The summed E-state index contributed by atoms with van der Waals surface area (Å²) in [6.45, 7) is 9.47. The van der Waals surface area contributed by atoms with E-state index in [-0.39, 0.29) is 20.1 Å². The number of rotatable bonds is 3. The molecule has 0 atom stereocenters. The summed E-state index contributed by atoms with van der Waals surface area (Å²) in [6.07, 6.45) is 0. The Hall–Kier alpha value is -6.04. The minimum atomic E-state index is -6.52. The van der Waals surface area contributed by atoms with Gasteiger partial charge in [0.15, 0.2) is 0 Å². The van der Waals surface area contributed by atoms with Crippen molar-refractivity contribution in [1.29, 1.82) is 0 Å². The van der Waals surface area contributed by atoms with E-state index in [9.17, 15) is 0 Å². The van der Waals surface area contributed by atoms with Crippen LogP contribution in [0.3, 0.4) is 0 Å². The van der Waals surface area contributed by atoms with Crippen LogP contribution in [0.4, 0.5) is 51.2 Å². The Kier molecular flexibility index (Phi) is 8.15. The number of benzene rings is 9. The van der Waals surface area contributed by atoms with Crippen LogP contribution in [0.1, 0.15) is 49.9 Å². The first-order valence-electron chi connectivity index (χ1n) is 23.5. The molecule has 1 spiro atoms. The summed E-state index contributed by atoms with van der Waals surface area (Å²) in [5.41, 5.74) is 17.5. The Labute approximate surface area is 428 Å². The van der Waals surface area contributed by atoms with Gasteiger partial charge in [0, 0.05) is 0 Å². The van der Waals surface area contributed by atoms with Crippen LogP contribution in [0, 0.1) is 0 Å². The third kappa shape index (κ3) is 4.67. The third-order valence-electron chi connectivity index (χ3n) is 15.9. The van der Waals surface area contributed by atoms with Crippen molar-refractivity contribution in [3.8, 4) is 33.8 Å². The summed E-state index contributed by atoms with van der Waals surface area (Å²) in [7, 11) is 0. The van der Waals surface area contributed by atoms with Crippen molar-refractivity contribution in [3.05, 3.63) is 212 Å². The van der Waals surface area contributed by atoms with E-state index >= 15 is 0 Å². The van der Waals surface area contributed by atoms with Crippen LogP contribution in [0.15, 0.2) is 170 Å². The molecule has 9 aromatic rings. The topological polar surface area (TPSA) is 28.2 Å². The number of halogens is 4. The molecular formula is C60H40Cl4N3O2Sb. The average molecular weight is 1100 g/mol. The summed E-state index contributed by atoms with van der Waals surface area (Å²) in [5, 5.41) is 0.559. The van der Waals surface area contributed by atoms with Crippen molar-refractivity contribution >= 4 is 126 Å². The van der Waals surface area contributed by atoms with E-state index in [0.717, 1.165) is 72.8 Å². The molecule has 0 fully saturated rings. The zero-order chi connectivity index (χ0) is 47.4. The van der Waals surface area contributed by atoms with Gasteiger partial charge < -0.3 is 0 Å². The van der Waals surface area contributed by atoms with Gasteiger partial charge in [0.05, 0.1) is 0 Å². The normalized spacial score (nSPS) is 17.8. The second kappa shape index (κ2) is 13.7. The van der Waals surface area contributed by atoms with Crippen LogP contribution < -0.4 is 31.3 Å². The van der Waals surface area contributed by atoms with Crippen molar-refractivity contribution in [3.63, 3.8) is 0 Å². The first-order chi connectivity index (χ1) is 33.9. The molecule has 15 rings (SSSR count). The fraction of sp³-hybridized carbons (Fsp3) is 0.100. The number of hydrogen-bond acceptors (Lipinski definition) is 5. The first kappa shape index (κ1) is 41.7. The predicted octanol–water partition coefficient (Wildman–Crippen LogP) is 16.2. The Morgan fingerprint density at radius 1 is 0.371 bits per heavy atom. The quantitative estimate of drug-likeness (QED) is 0.0999. The molecule has 0 bridgehead atoms. The number of nitrogens with zero attached hydrogens (tertiary/aromatic N) is 3. The summed E-state index contributed by atoms with van der Waals surface area (Å²) in [4.78, 5) is 7.45. The monoisotopic (exact) mass is 1100 g/mol. The molecule has 2 aliphatic carbocycles. The van der Waals surface area contributed by atoms with E-state index in [1.807, 2.05) is 0 Å². The molecule has 10 heteroatoms. The molecule has 0 amide bonds. The standard InChI is InChI=1S/C54H40N3.C6H2Cl4O2.Sb/c1-53(2)47-29-16-14-27-43(47)45-32-41-34-49(51(45)53)57(38-23-12-7-13-24-38)50-35-42(33-46-44-28-15-17-30-48(44)54(3,4)52(46)50)56(37-21-10-6-11-22-37)40-26-18-25-39(31-40)55(41)36-19-8-5-9-20-36;7-1-2(8)4(10)6(12)5(11)3(1)9;/h5-30,32-33H,1-4H3;11-12H;/q;;+2/p-2. The SMILES string of the molecule is CC1(C)c2ccccc2-c2cc3[c]4c(c21)N(c1ccccc1)c1c2c(cc5[c]1[Sb]41([O]c4c(Cl)c(Cl)c(Cl)c(Cl)c4[O]1)[c]1c(cccc1N5c1ccccc1)N3c1ccccc1)-c1ccccc1C2(C)C. The van der Waals surface area contributed by atoms with Gasteiger partial charge in [-0.25, -0.2) is 0 Å². The van der Waals surface area contributed by atoms with Gasteiger partial charge in [-0.15, -0.1) is 0 Å². The van der Waals surface area contributed by atoms with Gasteiger partial charge >= 0.3 is 432 Å². The van der Waals surface area contributed by atoms with Gasteiger partial charge in [-0.05, 0) is 0 Å². The van der Waals surface area contributed by atoms with Crippen LogP contribution in [0.5, 0.6) is 11.5 Å². The van der Waals surface area contributed by atoms with Crippen LogP contribution in [-0.4, -0.2) is 18.2 Å². The van der Waals surface area contributed by atoms with E-state index in [1.165, 1.54) is 33.4 Å². The second-order valence-electron chi connectivity index (χ2n) is 20.1. The van der Waals surface area contributed by atoms with E-state index in [0.29, 0.717) is 11.5 Å². The van der Waals surface area contributed by atoms with Gasteiger partial charge in [-0.1, -0.05) is 0 Å². The molecule has 0 saturated carbocycles. The van der Waals surface area contributed by atoms with E-state index < -0.39 is 29.1 Å². The Morgan fingerprint density at radius 2 is 0.743 bits per heavy atom. The minimum absolute atomic E-state index is 0.117. The van der Waals surface area contributed by atoms with Crippen LogP contribution in [0.25, 0.3) is 22.3 Å². The maximum absolute atomic E-state index is 8.46. The molecule has 9 aromatic carbocycles. The van der Waals surface area contributed by atoms with Gasteiger partial charge in [-0.3, -0.25) is 0 Å². The number of fused-ring (bicyclic) bond motifs is 9. The van der Waals surface area contributed by atoms with E-state index in [2.05, 4.69) is 212 Å². The Balaban J connectivity index is 1.27. The summed E-state index contributed by atoms with van der Waals surface area (Å²) in [6, 6.07) is 61.4. The molecule has 6 aliphatic rings. The molecule has 0 unspecified atom stereocenters. The molecule has 0 radical (unpaired) electrons. The molecule has 0 saturated heterocycles. The van der Waals surface area contributed by atoms with E-state index in [1.54, 1.807) is 0 Å². The zero-order valence-corrected chi connectivity index (χ0v) is 43.9. The molecule has 5 nitrogen and oxygen atoms in total. The van der Waals surface area contributed by atoms with Crippen LogP contribution in [-0.2, 0) is 10.8 Å². The Morgan fingerprint density at radius 3 is 1.16 bits per heavy atom. The van der Waals surface area contributed by atoms with Crippen molar-refractivity contribution < 1.29 is 6.03 Å². The van der Waals surface area contributed by atoms with Crippen molar-refractivity contribution in [2.24, 2.45) is 0 Å². The zero-order valence-electron chi connectivity index (χ0n) is 38.3. The van der Waals surface area contributed by atoms with Gasteiger partial charge in [0.25, 0.3) is 0 Å². The molecule has 0 N–H and O–H groups in total. The molecule has 0 aromatic heterocycles. The number of anilines is 9. The summed E-state index contributed by atoms with van der Waals surface area (Å²) in [5.74, 6) is 0.607. The first-order valence-corrected chi connectivity index (χ1v) is 30.9. The van der Waals surface area contributed by atoms with Gasteiger partial charge in [-0.2, -0.15) is 0 Å². The van der Waals surface area contributed by atoms with Crippen LogP contribution in [0.2, 0.25) is 20.1 Å². The third-order valence-corrected chi connectivity index (χ3v) is 31.5. The molecular weight excluding hydrogens is 1060 g/mol. The second-order valence-corrected chi connectivity index (χ2v) is 31.9. The molecule has 70 heavy (non-hydrogen) atoms. The number of hydrogen-bond donors (Lipinski definition) is 0. The van der Waals surface area contributed by atoms with Crippen molar-refractivity contribution in [1.82, 2.24) is 0 Å². The van der Waals surface area contributed by atoms with Crippen molar-refractivity contribution in [2.45, 2.75) is 38.5 Å². The average Bonchev–Trinajstić information content (AvgIpc) is 3.95. The fourth-order valence-electron chi connectivity index (χ4n) is 13.3. The van der Waals surface area contributed by atoms with Crippen molar-refractivity contribution in [2.75, 3.05) is 14.7 Å². The molecule has 4 aliphatic heterocycles. The maximum atomic E-state index is 8.46. The van der Waals surface area contributed by atoms with Gasteiger partial charge in [0.2, 0.25) is 0 Å². The Bertz CT molecular complexity index is 3650. The summed E-state index contributed by atoms with van der Waals surface area (Å²) >= 11 is 22.8. The van der Waals surface area contributed by atoms with Crippen LogP contribution >= 0.6 is 46.4 Å². The predicted molar refractivity (Wildman–Crippen MR) is 292 cm³/mol. The molecule has 340 valence electrons. The fourth-order valence-corrected chi connectivity index (χ4v) is 31.2. The number of para-hydroxylation sites is 3. The van der Waals surface area contributed by atoms with E-state index in [4.69, 9.17) is 52.4 Å². The van der Waals surface area contributed by atoms with Gasteiger partial charge in [0.1, 0.15) is 0 Å². The molecule has 4 heterocycles.